The molecule has 10 aromatic carbocycles. The van der Waals surface area contributed by atoms with E-state index in [9.17, 15) is 0 Å². The number of benzene rings is 10. The summed E-state index contributed by atoms with van der Waals surface area (Å²) in [5.74, 6) is 1.73. The minimum atomic E-state index is 0.554. The molecule has 14 rings (SSSR count). The molecule has 292 valence electrons. The Balaban J connectivity index is 0.973. The molecule has 0 fully saturated rings. The third-order valence-electron chi connectivity index (χ3n) is 12.8. The zero-order chi connectivity index (χ0) is 41.2. The molecule has 0 saturated heterocycles. The van der Waals surface area contributed by atoms with Crippen molar-refractivity contribution in [2.75, 3.05) is 0 Å². The molecule has 6 heteroatoms. The van der Waals surface area contributed by atoms with E-state index in [1.54, 1.807) is 0 Å². The van der Waals surface area contributed by atoms with Gasteiger partial charge in [-0.05, 0) is 69.4 Å². The lowest BCUT2D eigenvalue weighted by atomic mass is 10.0. The smallest absolute Gasteiger partial charge is 0.167 e. The van der Waals surface area contributed by atoms with Crippen molar-refractivity contribution in [1.82, 2.24) is 19.5 Å². The molecule has 0 amide bonds. The maximum Gasteiger partial charge on any atom is 0.167 e. The molecule has 0 saturated carbocycles. The predicted octanol–water partition coefficient (Wildman–Crippen LogP) is 15.2. The second-order valence-corrected chi connectivity index (χ2v) is 16.3. The van der Waals surface area contributed by atoms with Crippen LogP contribution in [0.4, 0.5) is 0 Å². The van der Waals surface area contributed by atoms with Gasteiger partial charge in [0.15, 0.2) is 23.1 Å². The van der Waals surface area contributed by atoms with Crippen molar-refractivity contribution in [3.8, 4) is 39.9 Å². The van der Waals surface area contributed by atoms with E-state index in [0.717, 1.165) is 82.5 Å². The quantitative estimate of drug-likeness (QED) is 0.177. The van der Waals surface area contributed by atoms with E-state index in [0.29, 0.717) is 17.5 Å². The summed E-state index contributed by atoms with van der Waals surface area (Å²) in [6, 6.07) is 68.0. The first kappa shape index (κ1) is 34.1. The Labute approximate surface area is 358 Å². The van der Waals surface area contributed by atoms with Crippen molar-refractivity contribution in [2.24, 2.45) is 0 Å². The molecule has 63 heavy (non-hydrogen) atoms. The molecule has 0 radical (unpaired) electrons. The number of rotatable bonds is 4. The van der Waals surface area contributed by atoms with Crippen LogP contribution in [0.2, 0.25) is 0 Å². The molecular formula is C57H32N4O2. The molecule has 4 aromatic heterocycles. The second-order valence-electron chi connectivity index (χ2n) is 16.3. The summed E-state index contributed by atoms with van der Waals surface area (Å²) in [6.07, 6.45) is 0. The molecule has 0 bridgehead atoms. The standard InChI is InChI=1S/C57H32N4O2/c1-2-13-34(14-3-1)55-58-56(60-57(59-55)45-21-10-19-43-41-18-8-9-23-49(41)62-53(43)45)38-25-27-39-37(30-38)26-29-50-51(39)44-20-11-22-47(54(44)63-50)61-48-32-36-16-5-4-15-35(36)31-46(48)42-28-24-33-12-6-7-17-40(33)52(42)61/h1-32H. The molecule has 0 aliphatic carbocycles. The van der Waals surface area contributed by atoms with Crippen LogP contribution in [-0.4, -0.2) is 19.5 Å². The highest BCUT2D eigenvalue weighted by Crippen LogP contribution is 2.44. The Hall–Kier alpha value is -8.61. The fourth-order valence-electron chi connectivity index (χ4n) is 9.90. The predicted molar refractivity (Wildman–Crippen MR) is 258 cm³/mol. The first-order valence-electron chi connectivity index (χ1n) is 21.2. The fraction of sp³-hybridized carbons (Fsp3) is 0. The summed E-state index contributed by atoms with van der Waals surface area (Å²) in [4.78, 5) is 15.3. The van der Waals surface area contributed by atoms with Crippen LogP contribution < -0.4 is 0 Å². The van der Waals surface area contributed by atoms with E-state index < -0.39 is 0 Å². The highest BCUT2D eigenvalue weighted by Gasteiger charge is 2.22. The monoisotopic (exact) mass is 804 g/mol. The number of furan rings is 2. The van der Waals surface area contributed by atoms with Crippen molar-refractivity contribution in [2.45, 2.75) is 0 Å². The highest BCUT2D eigenvalue weighted by atomic mass is 16.3. The van der Waals surface area contributed by atoms with E-state index in [1.807, 2.05) is 60.7 Å². The van der Waals surface area contributed by atoms with E-state index >= 15 is 0 Å². The van der Waals surface area contributed by atoms with Crippen molar-refractivity contribution in [3.05, 3.63) is 194 Å². The van der Waals surface area contributed by atoms with Crippen LogP contribution >= 0.6 is 0 Å². The van der Waals surface area contributed by atoms with Crippen molar-refractivity contribution < 1.29 is 8.83 Å². The van der Waals surface area contributed by atoms with Gasteiger partial charge in [0.2, 0.25) is 0 Å². The Morgan fingerprint density at radius 3 is 1.90 bits per heavy atom. The van der Waals surface area contributed by atoms with Crippen LogP contribution in [0.3, 0.4) is 0 Å². The molecule has 6 nitrogen and oxygen atoms in total. The number of aromatic nitrogens is 4. The summed E-state index contributed by atoms with van der Waals surface area (Å²) in [6.45, 7) is 0. The van der Waals surface area contributed by atoms with Crippen molar-refractivity contribution >= 4 is 98.0 Å². The SMILES string of the molecule is c1ccc(-c2nc(-c3ccc4c(ccc5oc6c(-n7c8cc9ccccc9cc8c8ccc9ccccc9c87)cccc6c54)c3)nc(-c3cccc4c3oc3ccccc34)n2)cc1. The molecule has 0 unspecified atom stereocenters. The lowest BCUT2D eigenvalue weighted by Gasteiger charge is -2.11. The van der Waals surface area contributed by atoms with Gasteiger partial charge in [-0.2, -0.15) is 0 Å². The second kappa shape index (κ2) is 12.9. The maximum absolute atomic E-state index is 6.95. The van der Waals surface area contributed by atoms with Gasteiger partial charge in [0.1, 0.15) is 16.7 Å². The normalized spacial score (nSPS) is 12.1. The average Bonchev–Trinajstić information content (AvgIpc) is 4.03. The van der Waals surface area contributed by atoms with Crippen molar-refractivity contribution in [3.63, 3.8) is 0 Å². The summed E-state index contributed by atoms with van der Waals surface area (Å²) in [5, 5.41) is 13.6. The average molecular weight is 805 g/mol. The summed E-state index contributed by atoms with van der Waals surface area (Å²) >= 11 is 0. The number of hydrogen-bond donors (Lipinski definition) is 0. The lowest BCUT2D eigenvalue weighted by Crippen LogP contribution is -2.00. The number of hydrogen-bond acceptors (Lipinski definition) is 5. The third-order valence-corrected chi connectivity index (χ3v) is 12.8. The van der Waals surface area contributed by atoms with E-state index in [2.05, 4.69) is 138 Å². The van der Waals surface area contributed by atoms with Crippen LogP contribution in [0.5, 0.6) is 0 Å². The molecule has 0 N–H and O–H groups in total. The molecule has 0 aliphatic rings. The molecule has 14 aromatic rings. The van der Waals surface area contributed by atoms with Crippen LogP contribution in [0.15, 0.2) is 203 Å². The highest BCUT2D eigenvalue weighted by molar-refractivity contribution is 6.23. The fourth-order valence-corrected chi connectivity index (χ4v) is 9.90. The van der Waals surface area contributed by atoms with Gasteiger partial charge in [-0.25, -0.2) is 15.0 Å². The van der Waals surface area contributed by atoms with Gasteiger partial charge >= 0.3 is 0 Å². The summed E-state index contributed by atoms with van der Waals surface area (Å²) in [5.41, 5.74) is 9.19. The van der Waals surface area contributed by atoms with Gasteiger partial charge in [0.05, 0.1) is 22.3 Å². The first-order valence-corrected chi connectivity index (χ1v) is 21.2. The van der Waals surface area contributed by atoms with E-state index in [4.69, 9.17) is 23.8 Å². The van der Waals surface area contributed by atoms with Crippen LogP contribution in [0.25, 0.3) is 138 Å². The van der Waals surface area contributed by atoms with E-state index in [1.165, 1.54) is 37.8 Å². The number of nitrogens with zero attached hydrogens (tertiary/aromatic N) is 4. The number of fused-ring (bicyclic) bond motifs is 14. The summed E-state index contributed by atoms with van der Waals surface area (Å²) < 4.78 is 15.8. The van der Waals surface area contributed by atoms with Gasteiger partial charge in [-0.15, -0.1) is 0 Å². The van der Waals surface area contributed by atoms with Gasteiger partial charge in [-0.3, -0.25) is 0 Å². The minimum Gasteiger partial charge on any atom is -0.455 e. The molecule has 0 spiro atoms. The minimum absolute atomic E-state index is 0.554. The van der Waals surface area contributed by atoms with Crippen LogP contribution in [-0.2, 0) is 0 Å². The van der Waals surface area contributed by atoms with Crippen molar-refractivity contribution in [1.29, 1.82) is 0 Å². The van der Waals surface area contributed by atoms with Crippen LogP contribution in [0, 0.1) is 0 Å². The maximum atomic E-state index is 6.95. The molecular weight excluding hydrogens is 773 g/mol. The van der Waals surface area contributed by atoms with E-state index in [-0.39, 0.29) is 0 Å². The zero-order valence-electron chi connectivity index (χ0n) is 33.6. The Morgan fingerprint density at radius 1 is 0.349 bits per heavy atom. The molecule has 4 heterocycles. The molecule has 0 atom stereocenters. The Kier molecular flexibility index (Phi) is 7.02. The van der Waals surface area contributed by atoms with Gasteiger partial charge in [0, 0.05) is 48.8 Å². The number of para-hydroxylation sites is 3. The largest absolute Gasteiger partial charge is 0.455 e. The lowest BCUT2D eigenvalue weighted by molar-refractivity contribution is 0.666. The first-order chi connectivity index (χ1) is 31.2. The van der Waals surface area contributed by atoms with Gasteiger partial charge < -0.3 is 13.4 Å². The topological polar surface area (TPSA) is 69.9 Å². The van der Waals surface area contributed by atoms with Crippen LogP contribution in [0.1, 0.15) is 0 Å². The third kappa shape index (κ3) is 5.03. The molecule has 0 aliphatic heterocycles. The van der Waals surface area contributed by atoms with Gasteiger partial charge in [0.25, 0.3) is 0 Å². The Bertz CT molecular complexity index is 4220. The summed E-state index contributed by atoms with van der Waals surface area (Å²) in [7, 11) is 0. The zero-order valence-corrected chi connectivity index (χ0v) is 33.6. The van der Waals surface area contributed by atoms with Gasteiger partial charge in [-0.1, -0.05) is 152 Å². The Morgan fingerprint density at radius 2 is 1.02 bits per heavy atom.